The molecule has 0 saturated heterocycles. The van der Waals surface area contributed by atoms with E-state index in [1.807, 2.05) is 0 Å². The Balaban J connectivity index is 2.47. The number of guanidine groups is 1. The molecule has 3 N–H and O–H groups in total. The number of sulfone groups is 1. The van der Waals surface area contributed by atoms with Crippen LogP contribution in [-0.2, 0) is 24.1 Å². The van der Waals surface area contributed by atoms with Crippen molar-refractivity contribution in [3.63, 3.8) is 0 Å². The molecule has 2 aromatic rings. The molecule has 188 valence electrons. The molecule has 0 aliphatic heterocycles. The Labute approximate surface area is 203 Å². The Bertz CT molecular complexity index is 1210. The molecule has 0 bridgehead atoms. The molecule has 0 spiro atoms. The van der Waals surface area contributed by atoms with Crippen LogP contribution in [0.2, 0.25) is 0 Å². The molecule has 11 nitrogen and oxygen atoms in total. The number of carbonyl (C=O) groups excluding carboxylic acids is 3. The standard InChI is InChI=1S/C23H28N4O7S/c1-14(2)33-22(29)26-21(27-23(30)34-15(3)4)25-19-12-11-18(13-20(19)24-16(5)28)35(31,32)17-9-7-6-8-10-17/h6-15H,1-5H3,(H,24,28)(H2,25,26,27,29,30). The molecule has 2 aromatic carbocycles. The summed E-state index contributed by atoms with van der Waals surface area (Å²) in [5, 5.41) is 7.54. The Kier molecular flexibility index (Phi) is 9.34. The molecule has 0 aromatic heterocycles. The number of ether oxygens (including phenoxy) is 2. The van der Waals surface area contributed by atoms with Gasteiger partial charge < -0.3 is 20.1 Å². The van der Waals surface area contributed by atoms with Gasteiger partial charge in [0, 0.05) is 6.92 Å². The van der Waals surface area contributed by atoms with E-state index in [9.17, 15) is 22.8 Å². The smallest absolute Gasteiger partial charge is 0.437 e. The van der Waals surface area contributed by atoms with Gasteiger partial charge in [0.1, 0.15) is 0 Å². The molecular formula is C23H28N4O7S. The summed E-state index contributed by atoms with van der Waals surface area (Å²) in [5.41, 5.74) is 0.214. The molecule has 0 aliphatic rings. The number of anilines is 2. The molecule has 0 saturated carbocycles. The third kappa shape index (κ3) is 8.41. The number of rotatable bonds is 6. The average molecular weight is 505 g/mol. The number of alkyl carbamates (subject to hydrolysis) is 1. The van der Waals surface area contributed by atoms with Gasteiger partial charge in [-0.1, -0.05) is 18.2 Å². The van der Waals surface area contributed by atoms with Crippen LogP contribution in [0.4, 0.5) is 21.0 Å². The van der Waals surface area contributed by atoms with E-state index in [1.54, 1.807) is 45.9 Å². The molecule has 0 unspecified atom stereocenters. The number of amides is 3. The van der Waals surface area contributed by atoms with Gasteiger partial charge in [0.2, 0.25) is 21.7 Å². The van der Waals surface area contributed by atoms with Crippen molar-refractivity contribution in [2.45, 2.75) is 56.6 Å². The normalized spacial score (nSPS) is 11.7. The topological polar surface area (TPSA) is 152 Å². The van der Waals surface area contributed by atoms with Crippen molar-refractivity contribution in [3.05, 3.63) is 48.5 Å². The van der Waals surface area contributed by atoms with E-state index in [0.717, 1.165) is 0 Å². The van der Waals surface area contributed by atoms with Gasteiger partial charge in [-0.25, -0.2) is 18.0 Å². The Hall–Kier alpha value is -3.93. The highest BCUT2D eigenvalue weighted by molar-refractivity contribution is 7.91. The van der Waals surface area contributed by atoms with Crippen LogP contribution in [0, 0.1) is 0 Å². The van der Waals surface area contributed by atoms with Crippen LogP contribution in [0.25, 0.3) is 0 Å². The number of nitrogens with zero attached hydrogens (tertiary/aromatic N) is 1. The van der Waals surface area contributed by atoms with Crippen LogP contribution < -0.4 is 16.0 Å². The summed E-state index contributed by atoms with van der Waals surface area (Å²) in [6, 6.07) is 11.7. The van der Waals surface area contributed by atoms with E-state index in [4.69, 9.17) is 9.47 Å². The van der Waals surface area contributed by atoms with Crippen molar-refractivity contribution in [1.82, 2.24) is 5.32 Å². The van der Waals surface area contributed by atoms with Crippen LogP contribution in [0.1, 0.15) is 34.6 Å². The van der Waals surface area contributed by atoms with Crippen LogP contribution in [0.3, 0.4) is 0 Å². The number of benzene rings is 2. The quantitative estimate of drug-likeness (QED) is 0.395. The Morgan fingerprint density at radius 1 is 0.829 bits per heavy atom. The van der Waals surface area contributed by atoms with E-state index in [0.29, 0.717) is 0 Å². The maximum absolute atomic E-state index is 13.0. The number of hydrogen-bond acceptors (Lipinski definition) is 7. The van der Waals surface area contributed by atoms with E-state index in [-0.39, 0.29) is 27.1 Å². The fourth-order valence-electron chi connectivity index (χ4n) is 2.70. The predicted molar refractivity (Wildman–Crippen MR) is 130 cm³/mol. The first-order valence-electron chi connectivity index (χ1n) is 10.6. The highest BCUT2D eigenvalue weighted by Gasteiger charge is 2.21. The second-order valence-corrected chi connectivity index (χ2v) is 9.75. The summed E-state index contributed by atoms with van der Waals surface area (Å²) in [5.74, 6) is -0.834. The third-order valence-electron chi connectivity index (χ3n) is 4.02. The summed E-state index contributed by atoms with van der Waals surface area (Å²) in [4.78, 5) is 39.7. The minimum absolute atomic E-state index is 0.0680. The van der Waals surface area contributed by atoms with Gasteiger partial charge in [0.05, 0.1) is 33.4 Å². The summed E-state index contributed by atoms with van der Waals surface area (Å²) in [7, 11) is -3.88. The summed E-state index contributed by atoms with van der Waals surface area (Å²) >= 11 is 0. The van der Waals surface area contributed by atoms with E-state index < -0.39 is 40.1 Å². The summed E-state index contributed by atoms with van der Waals surface area (Å²) in [6.45, 7) is 7.77. The molecule has 0 heterocycles. The van der Waals surface area contributed by atoms with Crippen molar-refractivity contribution in [3.8, 4) is 0 Å². The first-order chi connectivity index (χ1) is 16.4. The van der Waals surface area contributed by atoms with Crippen molar-refractivity contribution >= 4 is 45.3 Å². The molecule has 2 rings (SSSR count). The Morgan fingerprint density at radius 3 is 2.03 bits per heavy atom. The molecule has 0 atom stereocenters. The lowest BCUT2D eigenvalue weighted by molar-refractivity contribution is -0.114. The molecule has 35 heavy (non-hydrogen) atoms. The van der Waals surface area contributed by atoms with Crippen molar-refractivity contribution in [1.29, 1.82) is 0 Å². The van der Waals surface area contributed by atoms with Gasteiger partial charge in [-0.3, -0.25) is 10.1 Å². The van der Waals surface area contributed by atoms with Gasteiger partial charge in [-0.05, 0) is 58.0 Å². The zero-order valence-electron chi connectivity index (χ0n) is 20.0. The summed E-state index contributed by atoms with van der Waals surface area (Å²) in [6.07, 6.45) is -2.80. The van der Waals surface area contributed by atoms with Crippen molar-refractivity contribution in [2.75, 3.05) is 10.6 Å². The van der Waals surface area contributed by atoms with Crippen LogP contribution in [0.5, 0.6) is 0 Å². The fraction of sp³-hybridized carbons (Fsp3) is 0.304. The highest BCUT2D eigenvalue weighted by Crippen LogP contribution is 2.29. The molecule has 0 radical (unpaired) electrons. The first-order valence-corrected chi connectivity index (χ1v) is 12.1. The maximum atomic E-state index is 13.0. The number of carbonyl (C=O) groups is 3. The van der Waals surface area contributed by atoms with Gasteiger partial charge in [-0.2, -0.15) is 0 Å². The maximum Gasteiger partial charge on any atom is 0.437 e. The zero-order chi connectivity index (χ0) is 26.2. The molecular weight excluding hydrogens is 476 g/mol. The van der Waals surface area contributed by atoms with Gasteiger partial charge in [0.15, 0.2) is 0 Å². The monoisotopic (exact) mass is 504 g/mol. The first kappa shape index (κ1) is 27.3. The van der Waals surface area contributed by atoms with Crippen LogP contribution >= 0.6 is 0 Å². The number of nitrogens with one attached hydrogen (secondary N) is 3. The fourth-order valence-corrected chi connectivity index (χ4v) is 4.01. The largest absolute Gasteiger partial charge is 0.447 e. The zero-order valence-corrected chi connectivity index (χ0v) is 20.8. The molecule has 0 fully saturated rings. The summed E-state index contributed by atoms with van der Waals surface area (Å²) < 4.78 is 36.0. The third-order valence-corrected chi connectivity index (χ3v) is 5.79. The van der Waals surface area contributed by atoms with Gasteiger partial charge in [0.25, 0.3) is 0 Å². The van der Waals surface area contributed by atoms with Crippen molar-refractivity contribution < 1.29 is 32.3 Å². The molecule has 3 amide bonds. The van der Waals surface area contributed by atoms with Crippen molar-refractivity contribution in [2.24, 2.45) is 4.99 Å². The lowest BCUT2D eigenvalue weighted by Gasteiger charge is -2.17. The Morgan fingerprint density at radius 2 is 1.46 bits per heavy atom. The second kappa shape index (κ2) is 12.0. The SMILES string of the molecule is CC(=O)Nc1cc(S(=O)(=O)c2ccccc2)ccc1NC(=NC(=O)OC(C)C)NC(=O)OC(C)C. The lowest BCUT2D eigenvalue weighted by atomic mass is 10.2. The van der Waals surface area contributed by atoms with Crippen LogP contribution in [0.15, 0.2) is 63.3 Å². The predicted octanol–water partition coefficient (Wildman–Crippen LogP) is 3.93. The van der Waals surface area contributed by atoms with Gasteiger partial charge >= 0.3 is 12.2 Å². The minimum atomic E-state index is -3.88. The van der Waals surface area contributed by atoms with E-state index >= 15 is 0 Å². The molecule has 12 heteroatoms. The molecule has 0 aliphatic carbocycles. The highest BCUT2D eigenvalue weighted by atomic mass is 32.2. The van der Waals surface area contributed by atoms with E-state index in [1.165, 1.54) is 37.3 Å². The van der Waals surface area contributed by atoms with Gasteiger partial charge in [-0.15, -0.1) is 4.99 Å². The van der Waals surface area contributed by atoms with E-state index in [2.05, 4.69) is 20.9 Å². The second-order valence-electron chi connectivity index (χ2n) is 7.80. The van der Waals surface area contributed by atoms with Crippen LogP contribution in [-0.4, -0.2) is 44.7 Å². The average Bonchev–Trinajstić information content (AvgIpc) is 2.73. The number of aliphatic imine (C=N–C) groups is 1. The minimum Gasteiger partial charge on any atom is -0.447 e. The lowest BCUT2D eigenvalue weighted by Crippen LogP contribution is -2.38. The number of hydrogen-bond donors (Lipinski definition) is 3.